The quantitative estimate of drug-likeness (QED) is 0.216. The first-order valence-corrected chi connectivity index (χ1v) is 12.8. The number of hydrogen-bond acceptors (Lipinski definition) is 10. The van der Waals surface area contributed by atoms with Gasteiger partial charge in [0.2, 0.25) is 5.91 Å². The minimum absolute atomic E-state index is 0.0130. The number of alkyl halides is 3. The fraction of sp³-hybridized carbons (Fsp3) is 0.440. The number of aliphatic hydroxyl groups excluding tert-OH is 1. The molecule has 3 aromatic rings. The average molecular weight is 596 g/mol. The zero-order valence-electron chi connectivity index (χ0n) is 22.2. The van der Waals surface area contributed by atoms with Crippen molar-refractivity contribution in [2.75, 3.05) is 38.2 Å². The van der Waals surface area contributed by atoms with E-state index >= 15 is 0 Å². The number of imidazole rings is 1. The summed E-state index contributed by atoms with van der Waals surface area (Å²) < 4.78 is 55.4. The fourth-order valence-corrected chi connectivity index (χ4v) is 4.09. The summed E-state index contributed by atoms with van der Waals surface area (Å²) in [4.78, 5) is 48.5. The van der Waals surface area contributed by atoms with Gasteiger partial charge in [0, 0.05) is 25.3 Å². The molecular formula is C25H28F3N7O7. The SMILES string of the molecule is CCOC[C@H]1O[C@@H](n2cnc3c(NC(=O)c4ccccc4)ncnc32)[C@@H](OCC(=O)NCCNC(=O)C(F)(F)F)C1O. The van der Waals surface area contributed by atoms with E-state index in [9.17, 15) is 32.7 Å². The van der Waals surface area contributed by atoms with Crippen molar-refractivity contribution in [2.45, 2.75) is 37.6 Å². The second kappa shape index (κ2) is 13.6. The number of aliphatic hydroxyl groups is 1. The topological polar surface area (TPSA) is 179 Å². The molecule has 17 heteroatoms. The summed E-state index contributed by atoms with van der Waals surface area (Å²) in [5.74, 6) is -3.12. The number of amides is 3. The van der Waals surface area contributed by atoms with Gasteiger partial charge in [0.05, 0.1) is 12.9 Å². The molecular weight excluding hydrogens is 567 g/mol. The Morgan fingerprint density at radius 3 is 2.55 bits per heavy atom. The predicted molar refractivity (Wildman–Crippen MR) is 138 cm³/mol. The first-order valence-electron chi connectivity index (χ1n) is 12.8. The van der Waals surface area contributed by atoms with Crippen LogP contribution in [0.3, 0.4) is 0 Å². The lowest BCUT2D eigenvalue weighted by molar-refractivity contribution is -0.173. The molecule has 1 unspecified atom stereocenters. The molecule has 2 aromatic heterocycles. The second-order valence-electron chi connectivity index (χ2n) is 8.96. The van der Waals surface area contributed by atoms with E-state index in [0.29, 0.717) is 12.2 Å². The Bertz CT molecular complexity index is 1390. The highest BCUT2D eigenvalue weighted by molar-refractivity contribution is 6.06. The molecule has 0 saturated carbocycles. The summed E-state index contributed by atoms with van der Waals surface area (Å²) in [7, 11) is 0. The molecule has 1 aliphatic heterocycles. The molecule has 1 fully saturated rings. The van der Waals surface area contributed by atoms with Crippen LogP contribution in [0.25, 0.3) is 11.2 Å². The molecule has 14 nitrogen and oxygen atoms in total. The Labute approximate surface area is 236 Å². The Morgan fingerprint density at radius 2 is 1.83 bits per heavy atom. The number of benzene rings is 1. The summed E-state index contributed by atoms with van der Waals surface area (Å²) in [6.45, 7) is 0.795. The normalized spacial score (nSPS) is 20.4. The van der Waals surface area contributed by atoms with Crippen molar-refractivity contribution >= 4 is 34.7 Å². The minimum atomic E-state index is -5.03. The molecule has 4 rings (SSSR count). The van der Waals surface area contributed by atoms with E-state index in [1.54, 1.807) is 42.6 Å². The number of rotatable bonds is 12. The second-order valence-corrected chi connectivity index (χ2v) is 8.96. The molecule has 226 valence electrons. The number of nitrogens with zero attached hydrogens (tertiary/aromatic N) is 4. The number of aromatic nitrogens is 4. The smallest absolute Gasteiger partial charge is 0.387 e. The summed E-state index contributed by atoms with van der Waals surface area (Å²) in [6.07, 6.45) is -6.73. The van der Waals surface area contributed by atoms with Crippen molar-refractivity contribution in [3.05, 3.63) is 48.5 Å². The van der Waals surface area contributed by atoms with Gasteiger partial charge >= 0.3 is 12.1 Å². The van der Waals surface area contributed by atoms with Gasteiger partial charge in [0.1, 0.15) is 31.2 Å². The molecule has 1 aromatic carbocycles. The van der Waals surface area contributed by atoms with Gasteiger partial charge < -0.3 is 35.3 Å². The van der Waals surface area contributed by atoms with Crippen molar-refractivity contribution in [1.29, 1.82) is 0 Å². The number of hydrogen-bond donors (Lipinski definition) is 4. The van der Waals surface area contributed by atoms with Crippen molar-refractivity contribution < 1.29 is 46.9 Å². The van der Waals surface area contributed by atoms with Crippen LogP contribution in [0.4, 0.5) is 19.0 Å². The lowest BCUT2D eigenvalue weighted by Crippen LogP contribution is -2.42. The van der Waals surface area contributed by atoms with E-state index in [1.807, 2.05) is 0 Å². The maximum Gasteiger partial charge on any atom is 0.471 e. The van der Waals surface area contributed by atoms with E-state index in [-0.39, 0.29) is 30.1 Å². The lowest BCUT2D eigenvalue weighted by atomic mass is 10.1. The molecule has 42 heavy (non-hydrogen) atoms. The van der Waals surface area contributed by atoms with Crippen LogP contribution in [-0.2, 0) is 23.8 Å². The highest BCUT2D eigenvalue weighted by Gasteiger charge is 2.46. The predicted octanol–water partition coefficient (Wildman–Crippen LogP) is 0.553. The van der Waals surface area contributed by atoms with Gasteiger partial charge in [-0.25, -0.2) is 15.0 Å². The van der Waals surface area contributed by atoms with Crippen LogP contribution in [-0.4, -0.2) is 99.7 Å². The largest absolute Gasteiger partial charge is 0.471 e. The van der Waals surface area contributed by atoms with Gasteiger partial charge in [-0.15, -0.1) is 0 Å². The first kappa shape index (κ1) is 30.8. The summed E-state index contributed by atoms with van der Waals surface area (Å²) in [5.41, 5.74) is 0.866. The monoisotopic (exact) mass is 595 g/mol. The molecule has 0 spiro atoms. The molecule has 3 amide bonds. The van der Waals surface area contributed by atoms with Crippen LogP contribution < -0.4 is 16.0 Å². The number of nitrogens with one attached hydrogen (secondary N) is 3. The summed E-state index contributed by atoms with van der Waals surface area (Å²) in [5, 5.41) is 17.6. The van der Waals surface area contributed by atoms with E-state index in [0.717, 1.165) is 0 Å². The van der Waals surface area contributed by atoms with E-state index in [1.165, 1.54) is 17.2 Å². The van der Waals surface area contributed by atoms with Crippen LogP contribution in [0.1, 0.15) is 23.5 Å². The fourth-order valence-electron chi connectivity index (χ4n) is 4.09. The van der Waals surface area contributed by atoms with Crippen molar-refractivity contribution in [3.8, 4) is 0 Å². The lowest BCUT2D eigenvalue weighted by Gasteiger charge is -2.22. The van der Waals surface area contributed by atoms with E-state index in [4.69, 9.17) is 14.2 Å². The van der Waals surface area contributed by atoms with E-state index < -0.39 is 61.6 Å². The highest BCUT2D eigenvalue weighted by Crippen LogP contribution is 2.34. The van der Waals surface area contributed by atoms with Crippen LogP contribution in [0.15, 0.2) is 43.0 Å². The first-order chi connectivity index (χ1) is 20.1. The molecule has 0 aliphatic carbocycles. The third-order valence-electron chi connectivity index (χ3n) is 6.10. The molecule has 3 heterocycles. The number of fused-ring (bicyclic) bond motifs is 1. The Hall–Kier alpha value is -4.19. The Morgan fingerprint density at radius 1 is 1.10 bits per heavy atom. The number of anilines is 1. The molecule has 1 saturated heterocycles. The highest BCUT2D eigenvalue weighted by atomic mass is 19.4. The third-order valence-corrected chi connectivity index (χ3v) is 6.10. The van der Waals surface area contributed by atoms with Crippen LogP contribution in [0.2, 0.25) is 0 Å². The van der Waals surface area contributed by atoms with Gasteiger partial charge in [-0.3, -0.25) is 19.0 Å². The van der Waals surface area contributed by atoms with Gasteiger partial charge in [-0.2, -0.15) is 13.2 Å². The molecule has 0 radical (unpaired) electrons. The van der Waals surface area contributed by atoms with Gasteiger partial charge in [-0.05, 0) is 19.1 Å². The zero-order valence-corrected chi connectivity index (χ0v) is 22.2. The minimum Gasteiger partial charge on any atom is -0.387 e. The average Bonchev–Trinajstić information content (AvgIpc) is 3.54. The maximum atomic E-state index is 12.7. The van der Waals surface area contributed by atoms with Crippen LogP contribution in [0.5, 0.6) is 0 Å². The Balaban J connectivity index is 1.46. The van der Waals surface area contributed by atoms with Crippen molar-refractivity contribution in [2.24, 2.45) is 0 Å². The molecule has 4 atom stereocenters. The van der Waals surface area contributed by atoms with Crippen LogP contribution >= 0.6 is 0 Å². The molecule has 1 aliphatic rings. The van der Waals surface area contributed by atoms with Crippen LogP contribution in [0, 0.1) is 0 Å². The number of carbonyl (C=O) groups excluding carboxylic acids is 3. The molecule has 4 N–H and O–H groups in total. The number of ether oxygens (including phenoxy) is 3. The number of carbonyl (C=O) groups is 3. The number of halogens is 3. The van der Waals surface area contributed by atoms with Gasteiger partial charge in [0.25, 0.3) is 5.91 Å². The standard InChI is InChI=1S/C25H28F3N7O7/c1-2-40-10-15-18(37)19(41-11-16(36)29-8-9-30-24(39)25(26,27)28)23(42-15)35-13-33-17-20(31-12-32-21(17)35)34-22(38)14-6-4-3-5-7-14/h3-7,12-13,15,18-19,23,37H,2,8-11H2,1H3,(H,29,36)(H,30,39)(H,31,32,34,38)/t15-,18?,19+,23-/m1/s1. The van der Waals surface area contributed by atoms with Gasteiger partial charge in [0.15, 0.2) is 23.2 Å². The third kappa shape index (κ3) is 7.35. The van der Waals surface area contributed by atoms with E-state index in [2.05, 4.69) is 25.6 Å². The molecule has 0 bridgehead atoms. The van der Waals surface area contributed by atoms with Crippen molar-refractivity contribution in [3.63, 3.8) is 0 Å². The van der Waals surface area contributed by atoms with Gasteiger partial charge in [-0.1, -0.05) is 18.2 Å². The zero-order chi connectivity index (χ0) is 30.3. The summed E-state index contributed by atoms with van der Waals surface area (Å²) in [6, 6.07) is 8.47. The van der Waals surface area contributed by atoms with Crippen molar-refractivity contribution in [1.82, 2.24) is 30.2 Å². The maximum absolute atomic E-state index is 12.7. The Kier molecular flexibility index (Phi) is 10.00. The summed E-state index contributed by atoms with van der Waals surface area (Å²) >= 11 is 0.